The van der Waals surface area contributed by atoms with E-state index in [0.29, 0.717) is 11.3 Å². The van der Waals surface area contributed by atoms with Gasteiger partial charge in [0, 0.05) is 32.2 Å². The number of hydrogen-bond acceptors (Lipinski definition) is 3. The van der Waals surface area contributed by atoms with Gasteiger partial charge in [-0.05, 0) is 31.0 Å². The number of anilines is 1. The van der Waals surface area contributed by atoms with E-state index >= 15 is 0 Å². The molecular weight excluding hydrogens is 265 g/mol. The average molecular weight is 287 g/mol. The summed E-state index contributed by atoms with van der Waals surface area (Å²) in [5, 5.41) is 8.81. The molecule has 3 rings (SSSR count). The summed E-state index contributed by atoms with van der Waals surface area (Å²) >= 11 is 0. The molecule has 0 aromatic heterocycles. The number of halogens is 1. The lowest BCUT2D eigenvalue weighted by Crippen LogP contribution is -2.51. The normalized spacial score (nSPS) is 21.2. The van der Waals surface area contributed by atoms with Gasteiger partial charge in [-0.15, -0.1) is 0 Å². The molecule has 0 bridgehead atoms. The maximum atomic E-state index is 14.1. The van der Waals surface area contributed by atoms with Crippen LogP contribution in [0.4, 0.5) is 10.1 Å². The Morgan fingerprint density at radius 1 is 1.05 bits per heavy atom. The SMILES string of the molecule is N#Cc1ccc(N2CCN(C3CCCCC3)CC2)c(F)c1. The molecule has 0 atom stereocenters. The number of hydrogen-bond donors (Lipinski definition) is 0. The second-order valence-electron chi connectivity index (χ2n) is 6.09. The molecule has 1 aliphatic heterocycles. The van der Waals surface area contributed by atoms with Crippen LogP contribution in [0.2, 0.25) is 0 Å². The van der Waals surface area contributed by atoms with Crippen molar-refractivity contribution in [2.24, 2.45) is 0 Å². The van der Waals surface area contributed by atoms with E-state index in [0.717, 1.165) is 32.2 Å². The van der Waals surface area contributed by atoms with Crippen LogP contribution in [0, 0.1) is 17.1 Å². The van der Waals surface area contributed by atoms with Gasteiger partial charge in [-0.2, -0.15) is 5.26 Å². The van der Waals surface area contributed by atoms with E-state index in [2.05, 4.69) is 9.80 Å². The molecular formula is C17H22FN3. The first-order valence-corrected chi connectivity index (χ1v) is 7.96. The minimum atomic E-state index is -0.278. The third-order valence-corrected chi connectivity index (χ3v) is 4.82. The largest absolute Gasteiger partial charge is 0.367 e. The minimum Gasteiger partial charge on any atom is -0.367 e. The van der Waals surface area contributed by atoms with Crippen LogP contribution in [-0.4, -0.2) is 37.1 Å². The molecule has 0 spiro atoms. The Morgan fingerprint density at radius 2 is 1.76 bits per heavy atom. The van der Waals surface area contributed by atoms with Gasteiger partial charge in [0.25, 0.3) is 0 Å². The number of piperazine rings is 1. The summed E-state index contributed by atoms with van der Waals surface area (Å²) in [4.78, 5) is 4.69. The molecule has 1 aromatic carbocycles. The molecule has 1 aromatic rings. The van der Waals surface area contributed by atoms with Gasteiger partial charge in [0.2, 0.25) is 0 Å². The van der Waals surface area contributed by atoms with Crippen LogP contribution in [-0.2, 0) is 0 Å². The molecule has 2 aliphatic rings. The predicted octanol–water partition coefficient (Wildman–Crippen LogP) is 3.15. The molecule has 112 valence electrons. The van der Waals surface area contributed by atoms with Crippen molar-refractivity contribution in [1.82, 2.24) is 4.90 Å². The standard InChI is InChI=1S/C17H22FN3/c18-16-12-14(13-19)6-7-17(16)21-10-8-20(9-11-21)15-4-2-1-3-5-15/h6-7,12,15H,1-5,8-11H2. The highest BCUT2D eigenvalue weighted by Gasteiger charge is 2.26. The molecule has 3 nitrogen and oxygen atoms in total. The fraction of sp³-hybridized carbons (Fsp3) is 0.588. The molecule has 0 unspecified atom stereocenters. The molecule has 0 N–H and O–H groups in total. The fourth-order valence-electron chi connectivity index (χ4n) is 3.61. The summed E-state index contributed by atoms with van der Waals surface area (Å²) in [7, 11) is 0. The number of rotatable bonds is 2. The van der Waals surface area contributed by atoms with Crippen molar-refractivity contribution in [3.05, 3.63) is 29.6 Å². The summed E-state index contributed by atoms with van der Waals surface area (Å²) in [6.45, 7) is 3.78. The van der Waals surface area contributed by atoms with Gasteiger partial charge in [0.1, 0.15) is 5.82 Å². The van der Waals surface area contributed by atoms with Gasteiger partial charge in [-0.25, -0.2) is 4.39 Å². The molecule has 1 heterocycles. The first kappa shape index (κ1) is 14.3. The number of nitriles is 1. The van der Waals surface area contributed by atoms with Crippen molar-refractivity contribution < 1.29 is 4.39 Å². The Labute approximate surface area is 126 Å². The Balaban J connectivity index is 1.61. The molecule has 4 heteroatoms. The topological polar surface area (TPSA) is 30.3 Å². The Bertz CT molecular complexity index is 523. The highest BCUT2D eigenvalue weighted by Crippen LogP contribution is 2.26. The van der Waals surface area contributed by atoms with Crippen molar-refractivity contribution in [3.8, 4) is 6.07 Å². The van der Waals surface area contributed by atoms with Crippen molar-refractivity contribution in [1.29, 1.82) is 5.26 Å². The Morgan fingerprint density at radius 3 is 2.38 bits per heavy atom. The molecule has 1 saturated carbocycles. The number of benzene rings is 1. The third-order valence-electron chi connectivity index (χ3n) is 4.82. The highest BCUT2D eigenvalue weighted by atomic mass is 19.1. The van der Waals surface area contributed by atoms with E-state index in [1.807, 2.05) is 6.07 Å². The van der Waals surface area contributed by atoms with E-state index in [1.165, 1.54) is 38.2 Å². The van der Waals surface area contributed by atoms with Crippen molar-refractivity contribution in [2.45, 2.75) is 38.1 Å². The monoisotopic (exact) mass is 287 g/mol. The summed E-state index contributed by atoms with van der Waals surface area (Å²) < 4.78 is 14.1. The fourth-order valence-corrected chi connectivity index (χ4v) is 3.61. The van der Waals surface area contributed by atoms with Crippen molar-refractivity contribution in [3.63, 3.8) is 0 Å². The second-order valence-corrected chi connectivity index (χ2v) is 6.09. The zero-order chi connectivity index (χ0) is 14.7. The molecule has 1 aliphatic carbocycles. The molecule has 1 saturated heterocycles. The lowest BCUT2D eigenvalue weighted by Gasteiger charge is -2.41. The van der Waals surface area contributed by atoms with E-state index in [-0.39, 0.29) is 5.82 Å². The smallest absolute Gasteiger partial charge is 0.147 e. The van der Waals surface area contributed by atoms with E-state index in [9.17, 15) is 4.39 Å². The Hall–Kier alpha value is -1.60. The molecule has 2 fully saturated rings. The highest BCUT2D eigenvalue weighted by molar-refractivity contribution is 5.51. The van der Waals surface area contributed by atoms with E-state index in [4.69, 9.17) is 5.26 Å². The first-order valence-electron chi connectivity index (χ1n) is 7.96. The van der Waals surface area contributed by atoms with Gasteiger partial charge < -0.3 is 4.90 Å². The summed E-state index contributed by atoms with van der Waals surface area (Å²) in [5.74, 6) is -0.278. The molecule has 0 amide bonds. The van der Waals surface area contributed by atoms with Crippen LogP contribution < -0.4 is 4.90 Å². The Kier molecular flexibility index (Phi) is 4.40. The van der Waals surface area contributed by atoms with Crippen molar-refractivity contribution in [2.75, 3.05) is 31.1 Å². The maximum absolute atomic E-state index is 14.1. The van der Waals surface area contributed by atoms with Gasteiger partial charge in [0.05, 0.1) is 17.3 Å². The average Bonchev–Trinajstić information content (AvgIpc) is 2.56. The summed E-state index contributed by atoms with van der Waals surface area (Å²) in [6.07, 6.45) is 6.74. The lowest BCUT2D eigenvalue weighted by atomic mass is 9.94. The van der Waals surface area contributed by atoms with Crippen LogP contribution in [0.15, 0.2) is 18.2 Å². The van der Waals surface area contributed by atoms with Crippen LogP contribution in [0.5, 0.6) is 0 Å². The van der Waals surface area contributed by atoms with Gasteiger partial charge >= 0.3 is 0 Å². The maximum Gasteiger partial charge on any atom is 0.147 e. The van der Waals surface area contributed by atoms with Crippen LogP contribution in [0.1, 0.15) is 37.7 Å². The summed E-state index contributed by atoms with van der Waals surface area (Å²) in [5.41, 5.74) is 1.02. The first-order chi connectivity index (χ1) is 10.3. The van der Waals surface area contributed by atoms with Gasteiger partial charge in [0.15, 0.2) is 0 Å². The van der Waals surface area contributed by atoms with E-state index in [1.54, 1.807) is 12.1 Å². The van der Waals surface area contributed by atoms with E-state index < -0.39 is 0 Å². The summed E-state index contributed by atoms with van der Waals surface area (Å²) in [6, 6.07) is 7.50. The number of nitrogens with zero attached hydrogens (tertiary/aromatic N) is 3. The van der Waals surface area contributed by atoms with Gasteiger partial charge in [-0.3, -0.25) is 4.90 Å². The van der Waals surface area contributed by atoms with Crippen LogP contribution >= 0.6 is 0 Å². The van der Waals surface area contributed by atoms with Gasteiger partial charge in [-0.1, -0.05) is 19.3 Å². The molecule has 21 heavy (non-hydrogen) atoms. The molecule has 0 radical (unpaired) electrons. The minimum absolute atomic E-state index is 0.278. The lowest BCUT2D eigenvalue weighted by molar-refractivity contribution is 0.147. The second kappa shape index (κ2) is 6.44. The zero-order valence-corrected chi connectivity index (χ0v) is 12.4. The van der Waals surface area contributed by atoms with Crippen molar-refractivity contribution >= 4 is 5.69 Å². The zero-order valence-electron chi connectivity index (χ0n) is 12.4. The third kappa shape index (κ3) is 3.19. The quantitative estimate of drug-likeness (QED) is 0.837. The van der Waals surface area contributed by atoms with Crippen LogP contribution in [0.3, 0.4) is 0 Å². The van der Waals surface area contributed by atoms with Crippen LogP contribution in [0.25, 0.3) is 0 Å². The predicted molar refractivity (Wildman–Crippen MR) is 81.8 cm³/mol.